The van der Waals surface area contributed by atoms with Gasteiger partial charge in [-0.15, -0.1) is 0 Å². The van der Waals surface area contributed by atoms with Crippen molar-refractivity contribution in [2.75, 3.05) is 18.5 Å². The van der Waals surface area contributed by atoms with Crippen LogP contribution in [-0.2, 0) is 6.54 Å². The van der Waals surface area contributed by atoms with Gasteiger partial charge in [0.05, 0.1) is 36.3 Å². The Morgan fingerprint density at radius 3 is 2.82 bits per heavy atom. The Balaban J connectivity index is 1.60. The molecule has 0 amide bonds. The van der Waals surface area contributed by atoms with Gasteiger partial charge in [0.15, 0.2) is 5.78 Å². The second-order valence-electron chi connectivity index (χ2n) is 7.37. The molecule has 28 heavy (non-hydrogen) atoms. The number of Topliss-reactive ketones (excluding diaryl/α,β-unsaturated/α-hetero) is 1. The molecule has 0 unspecified atom stereocenters. The second kappa shape index (κ2) is 7.13. The maximum atomic E-state index is 12.7. The average molecular weight is 374 g/mol. The first kappa shape index (κ1) is 17.0. The Labute approximate surface area is 163 Å². The minimum Gasteiger partial charge on any atom is -0.491 e. The van der Waals surface area contributed by atoms with Crippen LogP contribution in [0.25, 0.3) is 11.3 Å². The standard InChI is InChI=1S/C22H22N4O2/c27-18-11-24-10-17-20(18)22(25-15-4-2-1-3-5-15)21(26-17)16-8-9-23-12-19(16)28-13-14-6-7-14/h1-5,8-9,12,14,24-26H,6-7,10-11,13H2. The number of carbonyl (C=O) groups is 1. The van der Waals surface area contributed by atoms with Crippen LogP contribution in [0.3, 0.4) is 0 Å². The number of ether oxygens (including phenoxy) is 1. The van der Waals surface area contributed by atoms with E-state index in [9.17, 15) is 4.79 Å². The maximum absolute atomic E-state index is 12.7. The first-order chi connectivity index (χ1) is 13.8. The van der Waals surface area contributed by atoms with Gasteiger partial charge in [0.2, 0.25) is 0 Å². The Morgan fingerprint density at radius 1 is 1.14 bits per heavy atom. The molecule has 2 aromatic heterocycles. The third-order valence-electron chi connectivity index (χ3n) is 5.21. The number of aromatic amines is 1. The van der Waals surface area contributed by atoms with Crippen molar-refractivity contribution in [3.63, 3.8) is 0 Å². The molecular formula is C22H22N4O2. The molecule has 0 spiro atoms. The summed E-state index contributed by atoms with van der Waals surface area (Å²) in [6.07, 6.45) is 5.97. The lowest BCUT2D eigenvalue weighted by atomic mass is 10.0. The number of nitrogens with zero attached hydrogens (tertiary/aromatic N) is 1. The van der Waals surface area contributed by atoms with Gasteiger partial charge in [-0.1, -0.05) is 18.2 Å². The maximum Gasteiger partial charge on any atom is 0.180 e. The van der Waals surface area contributed by atoms with Crippen LogP contribution in [-0.4, -0.2) is 28.9 Å². The van der Waals surface area contributed by atoms with Gasteiger partial charge in [0.1, 0.15) is 5.75 Å². The molecular weight excluding hydrogens is 352 g/mol. The molecule has 0 bridgehead atoms. The largest absolute Gasteiger partial charge is 0.491 e. The normalized spacial score (nSPS) is 15.9. The Morgan fingerprint density at radius 2 is 2.00 bits per heavy atom. The van der Waals surface area contributed by atoms with Crippen LogP contribution in [0.1, 0.15) is 28.9 Å². The molecule has 5 rings (SSSR count). The summed E-state index contributed by atoms with van der Waals surface area (Å²) >= 11 is 0. The zero-order valence-electron chi connectivity index (χ0n) is 15.5. The molecule has 0 saturated heterocycles. The molecule has 1 aliphatic heterocycles. The molecule has 6 nitrogen and oxygen atoms in total. The van der Waals surface area contributed by atoms with Gasteiger partial charge in [-0.3, -0.25) is 9.78 Å². The van der Waals surface area contributed by atoms with Crippen molar-refractivity contribution in [3.8, 4) is 17.0 Å². The number of nitrogens with one attached hydrogen (secondary N) is 3. The van der Waals surface area contributed by atoms with Crippen molar-refractivity contribution in [2.45, 2.75) is 19.4 Å². The van der Waals surface area contributed by atoms with Crippen molar-refractivity contribution in [3.05, 3.63) is 60.0 Å². The van der Waals surface area contributed by atoms with Crippen LogP contribution in [0.2, 0.25) is 0 Å². The fourth-order valence-electron chi connectivity index (χ4n) is 3.57. The zero-order chi connectivity index (χ0) is 18.9. The lowest BCUT2D eigenvalue weighted by Gasteiger charge is -2.15. The summed E-state index contributed by atoms with van der Waals surface area (Å²) in [5.41, 5.74) is 5.13. The predicted octanol–water partition coefficient (Wildman–Crippen LogP) is 3.90. The van der Waals surface area contributed by atoms with Crippen LogP contribution in [0.5, 0.6) is 5.75 Å². The molecule has 3 N–H and O–H groups in total. The summed E-state index contributed by atoms with van der Waals surface area (Å²) < 4.78 is 6.07. The topological polar surface area (TPSA) is 79.0 Å². The molecule has 1 saturated carbocycles. The summed E-state index contributed by atoms with van der Waals surface area (Å²) in [6.45, 7) is 1.68. The Kier molecular flexibility index (Phi) is 4.33. The molecule has 1 fully saturated rings. The van der Waals surface area contributed by atoms with Crippen LogP contribution < -0.4 is 15.4 Å². The number of fused-ring (bicyclic) bond motifs is 1. The fraction of sp³-hybridized carbons (Fsp3) is 0.273. The smallest absolute Gasteiger partial charge is 0.180 e. The molecule has 3 heterocycles. The monoisotopic (exact) mass is 374 g/mol. The van der Waals surface area contributed by atoms with E-state index in [2.05, 4.69) is 20.6 Å². The molecule has 1 aromatic carbocycles. The summed E-state index contributed by atoms with van der Waals surface area (Å²) in [6, 6.07) is 11.8. The van der Waals surface area contributed by atoms with Gasteiger partial charge in [0, 0.05) is 29.7 Å². The molecule has 0 radical (unpaired) electrons. The highest BCUT2D eigenvalue weighted by Gasteiger charge is 2.28. The molecule has 142 valence electrons. The zero-order valence-corrected chi connectivity index (χ0v) is 15.5. The van der Waals surface area contributed by atoms with E-state index in [1.54, 1.807) is 12.4 Å². The fourth-order valence-corrected chi connectivity index (χ4v) is 3.57. The second-order valence-corrected chi connectivity index (χ2v) is 7.37. The van der Waals surface area contributed by atoms with Gasteiger partial charge in [-0.25, -0.2) is 0 Å². The first-order valence-electron chi connectivity index (χ1n) is 9.67. The van der Waals surface area contributed by atoms with E-state index in [-0.39, 0.29) is 5.78 Å². The number of aromatic nitrogens is 2. The number of ketones is 1. The van der Waals surface area contributed by atoms with E-state index in [0.29, 0.717) is 25.6 Å². The van der Waals surface area contributed by atoms with Crippen LogP contribution in [0, 0.1) is 5.92 Å². The molecule has 0 atom stereocenters. The van der Waals surface area contributed by atoms with E-state index in [1.807, 2.05) is 36.4 Å². The minimum absolute atomic E-state index is 0.0803. The predicted molar refractivity (Wildman–Crippen MR) is 108 cm³/mol. The quantitative estimate of drug-likeness (QED) is 0.610. The van der Waals surface area contributed by atoms with Crippen molar-refractivity contribution >= 4 is 17.2 Å². The van der Waals surface area contributed by atoms with Gasteiger partial charge >= 0.3 is 0 Å². The summed E-state index contributed by atoms with van der Waals surface area (Å²) in [4.78, 5) is 20.4. The number of anilines is 2. The number of para-hydroxylation sites is 1. The van der Waals surface area contributed by atoms with E-state index < -0.39 is 0 Å². The first-order valence-corrected chi connectivity index (χ1v) is 9.67. The number of H-pyrrole nitrogens is 1. The van der Waals surface area contributed by atoms with Crippen LogP contribution >= 0.6 is 0 Å². The van der Waals surface area contributed by atoms with Crippen molar-refractivity contribution in [2.24, 2.45) is 5.92 Å². The number of hydrogen-bond acceptors (Lipinski definition) is 5. The third-order valence-corrected chi connectivity index (χ3v) is 5.21. The highest BCUT2D eigenvalue weighted by Crippen LogP contribution is 2.40. The third kappa shape index (κ3) is 3.27. The van der Waals surface area contributed by atoms with Crippen molar-refractivity contribution in [1.82, 2.24) is 15.3 Å². The highest BCUT2D eigenvalue weighted by atomic mass is 16.5. The highest BCUT2D eigenvalue weighted by molar-refractivity contribution is 6.08. The molecule has 6 heteroatoms. The summed E-state index contributed by atoms with van der Waals surface area (Å²) in [7, 11) is 0. The lowest BCUT2D eigenvalue weighted by Crippen LogP contribution is -2.29. The van der Waals surface area contributed by atoms with Gasteiger partial charge in [-0.2, -0.15) is 0 Å². The number of benzene rings is 1. The number of hydrogen-bond donors (Lipinski definition) is 3. The molecule has 2 aliphatic rings. The number of rotatable bonds is 6. The van der Waals surface area contributed by atoms with E-state index in [0.717, 1.165) is 39.6 Å². The molecule has 3 aromatic rings. The molecule has 1 aliphatic carbocycles. The van der Waals surface area contributed by atoms with Crippen molar-refractivity contribution < 1.29 is 9.53 Å². The average Bonchev–Trinajstić information content (AvgIpc) is 3.49. The Hall–Kier alpha value is -3.12. The minimum atomic E-state index is 0.0803. The van der Waals surface area contributed by atoms with Crippen LogP contribution in [0.4, 0.5) is 11.4 Å². The van der Waals surface area contributed by atoms with Crippen molar-refractivity contribution in [1.29, 1.82) is 0 Å². The number of carbonyl (C=O) groups excluding carboxylic acids is 1. The van der Waals surface area contributed by atoms with E-state index in [1.165, 1.54) is 12.8 Å². The lowest BCUT2D eigenvalue weighted by molar-refractivity contribution is 0.0983. The van der Waals surface area contributed by atoms with Gasteiger partial charge in [0.25, 0.3) is 0 Å². The number of pyridine rings is 1. The summed E-state index contributed by atoms with van der Waals surface area (Å²) in [5, 5.41) is 6.62. The van der Waals surface area contributed by atoms with Gasteiger partial charge in [-0.05, 0) is 37.0 Å². The van der Waals surface area contributed by atoms with Crippen LogP contribution in [0.15, 0.2) is 48.8 Å². The van der Waals surface area contributed by atoms with Gasteiger partial charge < -0.3 is 20.4 Å². The Bertz CT molecular complexity index is 1010. The SMILES string of the molecule is O=C1CNCc2[nH]c(-c3ccncc3OCC3CC3)c(Nc3ccccc3)c21. The summed E-state index contributed by atoms with van der Waals surface area (Å²) in [5.74, 6) is 1.47. The van der Waals surface area contributed by atoms with E-state index >= 15 is 0 Å². The van der Waals surface area contributed by atoms with E-state index in [4.69, 9.17) is 4.74 Å².